The van der Waals surface area contributed by atoms with E-state index in [1.54, 1.807) is 25.1 Å². The van der Waals surface area contributed by atoms with Crippen molar-refractivity contribution in [2.75, 3.05) is 7.11 Å². The van der Waals surface area contributed by atoms with Crippen molar-refractivity contribution in [3.8, 4) is 11.5 Å². The zero-order valence-corrected chi connectivity index (χ0v) is 9.36. The molecule has 1 amide bonds. The van der Waals surface area contributed by atoms with Crippen LogP contribution in [0.15, 0.2) is 18.2 Å². The number of methoxy groups -OCH3 is 1. The van der Waals surface area contributed by atoms with Crippen molar-refractivity contribution in [1.29, 1.82) is 0 Å². The third kappa shape index (κ3) is 3.13. The van der Waals surface area contributed by atoms with E-state index in [4.69, 9.17) is 10.5 Å². The Balaban J connectivity index is 2.64. The van der Waals surface area contributed by atoms with Crippen LogP contribution >= 0.6 is 0 Å². The summed E-state index contributed by atoms with van der Waals surface area (Å²) >= 11 is 0. The Morgan fingerprint density at radius 2 is 2.31 bits per heavy atom. The van der Waals surface area contributed by atoms with Crippen LogP contribution in [0, 0.1) is 0 Å². The number of phenols is 1. The first-order valence-electron chi connectivity index (χ1n) is 4.93. The van der Waals surface area contributed by atoms with Gasteiger partial charge < -0.3 is 20.9 Å². The molecule has 0 aliphatic rings. The Bertz CT molecular complexity index is 379. The molecule has 0 aromatic heterocycles. The minimum atomic E-state index is -0.397. The third-order valence-electron chi connectivity index (χ3n) is 2.28. The van der Waals surface area contributed by atoms with Crippen LogP contribution < -0.4 is 15.8 Å². The molecule has 1 rings (SSSR count). The first kappa shape index (κ1) is 12.3. The van der Waals surface area contributed by atoms with E-state index in [0.717, 1.165) is 5.56 Å². The van der Waals surface area contributed by atoms with Crippen molar-refractivity contribution in [1.82, 2.24) is 5.32 Å². The van der Waals surface area contributed by atoms with Gasteiger partial charge in [-0.2, -0.15) is 0 Å². The monoisotopic (exact) mass is 224 g/mol. The number of nitrogens with two attached hydrogens (primary N) is 1. The molecule has 4 N–H and O–H groups in total. The Morgan fingerprint density at radius 1 is 1.62 bits per heavy atom. The highest BCUT2D eigenvalue weighted by Crippen LogP contribution is 2.26. The van der Waals surface area contributed by atoms with Crippen molar-refractivity contribution in [3.05, 3.63) is 23.8 Å². The Kier molecular flexibility index (Phi) is 4.13. The quantitative estimate of drug-likeness (QED) is 0.674. The summed E-state index contributed by atoms with van der Waals surface area (Å²) in [5, 5.41) is 12.3. The number of ether oxygens (including phenoxy) is 1. The fourth-order valence-electron chi connectivity index (χ4n) is 1.20. The number of rotatable bonds is 5. The summed E-state index contributed by atoms with van der Waals surface area (Å²) in [6.07, 6.45) is 0. The second kappa shape index (κ2) is 5.37. The molecule has 0 aliphatic carbocycles. The molecule has 1 aromatic carbocycles. The van der Waals surface area contributed by atoms with Crippen molar-refractivity contribution in [2.24, 2.45) is 5.73 Å². The summed E-state index contributed by atoms with van der Waals surface area (Å²) in [4.78, 5) is 10.8. The Labute approximate surface area is 94.2 Å². The Morgan fingerprint density at radius 3 is 2.88 bits per heavy atom. The molecule has 16 heavy (non-hydrogen) atoms. The van der Waals surface area contributed by atoms with E-state index in [-0.39, 0.29) is 11.8 Å². The minimum absolute atomic E-state index is 0.0919. The van der Waals surface area contributed by atoms with Gasteiger partial charge in [0.1, 0.15) is 0 Å². The molecule has 0 heterocycles. The van der Waals surface area contributed by atoms with Gasteiger partial charge in [0.15, 0.2) is 11.5 Å². The lowest BCUT2D eigenvalue weighted by atomic mass is 10.2. The predicted octanol–water partition coefficient (Wildman–Crippen LogP) is 0.364. The van der Waals surface area contributed by atoms with E-state index in [1.165, 1.54) is 7.11 Å². The van der Waals surface area contributed by atoms with Gasteiger partial charge in [-0.15, -0.1) is 0 Å². The van der Waals surface area contributed by atoms with Gasteiger partial charge in [-0.05, 0) is 24.6 Å². The third-order valence-corrected chi connectivity index (χ3v) is 2.28. The van der Waals surface area contributed by atoms with E-state index in [9.17, 15) is 9.90 Å². The molecule has 5 nitrogen and oxygen atoms in total. The van der Waals surface area contributed by atoms with Crippen LogP contribution in [0.25, 0.3) is 0 Å². The van der Waals surface area contributed by atoms with Crippen LogP contribution in [-0.4, -0.2) is 24.2 Å². The maximum atomic E-state index is 10.8. The Hall–Kier alpha value is -1.75. The second-order valence-corrected chi connectivity index (χ2v) is 3.51. The molecule has 0 saturated carbocycles. The summed E-state index contributed by atoms with van der Waals surface area (Å²) < 4.78 is 4.97. The standard InChI is InChI=1S/C11H16N2O3/c1-7(11(12)15)13-6-8-3-4-9(14)10(5-8)16-2/h3-5,7,13-14H,6H2,1-2H3,(H2,12,15). The molecule has 0 saturated heterocycles. The maximum Gasteiger partial charge on any atom is 0.234 e. The van der Waals surface area contributed by atoms with Crippen LogP contribution in [0.1, 0.15) is 12.5 Å². The molecule has 1 unspecified atom stereocenters. The van der Waals surface area contributed by atoms with E-state index >= 15 is 0 Å². The first-order chi connectivity index (χ1) is 7.54. The van der Waals surface area contributed by atoms with Crippen molar-refractivity contribution < 1.29 is 14.6 Å². The number of aromatic hydroxyl groups is 1. The smallest absolute Gasteiger partial charge is 0.234 e. The number of benzene rings is 1. The average Bonchev–Trinajstić information content (AvgIpc) is 2.27. The van der Waals surface area contributed by atoms with Crippen molar-refractivity contribution in [2.45, 2.75) is 19.5 Å². The lowest BCUT2D eigenvalue weighted by Gasteiger charge is -2.11. The maximum absolute atomic E-state index is 10.8. The minimum Gasteiger partial charge on any atom is -0.504 e. The zero-order chi connectivity index (χ0) is 12.1. The van der Waals surface area contributed by atoms with Gasteiger partial charge in [-0.25, -0.2) is 0 Å². The molecule has 88 valence electrons. The molecule has 0 bridgehead atoms. The molecule has 0 spiro atoms. The van der Waals surface area contributed by atoms with E-state index in [0.29, 0.717) is 12.3 Å². The van der Waals surface area contributed by atoms with E-state index < -0.39 is 5.91 Å². The number of primary amides is 1. The van der Waals surface area contributed by atoms with E-state index in [1.807, 2.05) is 0 Å². The molecule has 1 atom stereocenters. The highest BCUT2D eigenvalue weighted by atomic mass is 16.5. The van der Waals surface area contributed by atoms with Gasteiger partial charge in [0.2, 0.25) is 5.91 Å². The van der Waals surface area contributed by atoms with Crippen LogP contribution in [0.2, 0.25) is 0 Å². The highest BCUT2D eigenvalue weighted by molar-refractivity contribution is 5.79. The number of phenolic OH excluding ortho intramolecular Hbond substituents is 1. The lowest BCUT2D eigenvalue weighted by Crippen LogP contribution is -2.38. The van der Waals surface area contributed by atoms with Gasteiger partial charge in [0.25, 0.3) is 0 Å². The average molecular weight is 224 g/mol. The fraction of sp³-hybridized carbons (Fsp3) is 0.364. The van der Waals surface area contributed by atoms with Gasteiger partial charge in [-0.1, -0.05) is 6.07 Å². The van der Waals surface area contributed by atoms with E-state index in [2.05, 4.69) is 5.32 Å². The topological polar surface area (TPSA) is 84.6 Å². The SMILES string of the molecule is COc1cc(CNC(C)C(N)=O)ccc1O. The zero-order valence-electron chi connectivity index (χ0n) is 9.36. The number of hydrogen-bond donors (Lipinski definition) is 3. The molecular formula is C11H16N2O3. The van der Waals surface area contributed by atoms with Gasteiger partial charge in [-0.3, -0.25) is 4.79 Å². The molecule has 0 aliphatic heterocycles. The predicted molar refractivity (Wildman–Crippen MR) is 60.2 cm³/mol. The van der Waals surface area contributed by atoms with Crippen molar-refractivity contribution in [3.63, 3.8) is 0 Å². The number of nitrogens with one attached hydrogen (secondary N) is 1. The van der Waals surface area contributed by atoms with Crippen LogP contribution in [0.3, 0.4) is 0 Å². The highest BCUT2D eigenvalue weighted by Gasteiger charge is 2.08. The first-order valence-corrected chi connectivity index (χ1v) is 4.93. The summed E-state index contributed by atoms with van der Waals surface area (Å²) in [7, 11) is 1.48. The van der Waals surface area contributed by atoms with Crippen LogP contribution in [0.5, 0.6) is 11.5 Å². The summed E-state index contributed by atoms with van der Waals surface area (Å²) in [5.41, 5.74) is 6.02. The summed E-state index contributed by atoms with van der Waals surface area (Å²) in [6, 6.07) is 4.61. The lowest BCUT2D eigenvalue weighted by molar-refractivity contribution is -0.119. The molecule has 0 fully saturated rings. The summed E-state index contributed by atoms with van der Waals surface area (Å²) in [6.45, 7) is 2.18. The van der Waals surface area contributed by atoms with Gasteiger partial charge in [0, 0.05) is 6.54 Å². The number of carbonyl (C=O) groups is 1. The van der Waals surface area contributed by atoms with Gasteiger partial charge >= 0.3 is 0 Å². The second-order valence-electron chi connectivity index (χ2n) is 3.51. The van der Waals surface area contributed by atoms with Crippen LogP contribution in [-0.2, 0) is 11.3 Å². The van der Waals surface area contributed by atoms with Gasteiger partial charge in [0.05, 0.1) is 13.2 Å². The molecule has 5 heteroatoms. The summed E-state index contributed by atoms with van der Waals surface area (Å²) in [5.74, 6) is 0.103. The molecule has 0 radical (unpaired) electrons. The number of hydrogen-bond acceptors (Lipinski definition) is 4. The molecular weight excluding hydrogens is 208 g/mol. The van der Waals surface area contributed by atoms with Crippen LogP contribution in [0.4, 0.5) is 0 Å². The fourth-order valence-corrected chi connectivity index (χ4v) is 1.20. The normalized spacial score (nSPS) is 12.1. The largest absolute Gasteiger partial charge is 0.504 e. The number of carbonyl (C=O) groups excluding carboxylic acids is 1. The molecule has 1 aromatic rings. The number of amides is 1. The van der Waals surface area contributed by atoms with Crippen molar-refractivity contribution >= 4 is 5.91 Å².